The van der Waals surface area contributed by atoms with Gasteiger partial charge in [0.25, 0.3) is 0 Å². The number of oxazole rings is 1. The summed E-state index contributed by atoms with van der Waals surface area (Å²) in [7, 11) is 0. The number of nitrogens with one attached hydrogen (secondary N) is 1. The molecule has 2 heterocycles. The Morgan fingerprint density at radius 1 is 1.42 bits per heavy atom. The van der Waals surface area contributed by atoms with E-state index in [9.17, 15) is 9.18 Å². The van der Waals surface area contributed by atoms with Crippen LogP contribution in [0.4, 0.5) is 9.18 Å². The molecule has 1 aromatic heterocycles. The lowest BCUT2D eigenvalue weighted by Crippen LogP contribution is -2.49. The second-order valence-electron chi connectivity index (χ2n) is 5.76. The number of carbonyl (C=O) groups is 1. The number of carbonyl (C=O) groups excluding carboxylic acids is 1. The molecule has 1 aromatic carbocycles. The minimum atomic E-state index is -0.300. The van der Waals surface area contributed by atoms with E-state index < -0.39 is 0 Å². The lowest BCUT2D eigenvalue weighted by Gasteiger charge is -2.31. The van der Waals surface area contributed by atoms with Gasteiger partial charge in [0.05, 0.1) is 18.4 Å². The average molecular weight is 333 g/mol. The van der Waals surface area contributed by atoms with Gasteiger partial charge in [0.15, 0.2) is 0 Å². The summed E-state index contributed by atoms with van der Waals surface area (Å²) in [6.45, 7) is 4.20. The summed E-state index contributed by atoms with van der Waals surface area (Å²) in [6.07, 6.45) is 2.19. The summed E-state index contributed by atoms with van der Waals surface area (Å²) in [4.78, 5) is 18.2. The minimum Gasteiger partial charge on any atom is -0.444 e. The van der Waals surface area contributed by atoms with Crippen LogP contribution in [0.25, 0.3) is 11.5 Å². The maximum Gasteiger partial charge on any atom is 0.317 e. The van der Waals surface area contributed by atoms with Crippen LogP contribution in [0.15, 0.2) is 34.9 Å². The number of urea groups is 1. The van der Waals surface area contributed by atoms with E-state index >= 15 is 0 Å². The van der Waals surface area contributed by atoms with Gasteiger partial charge in [-0.2, -0.15) is 0 Å². The zero-order chi connectivity index (χ0) is 16.9. The molecule has 0 spiro atoms. The van der Waals surface area contributed by atoms with Gasteiger partial charge in [-0.05, 0) is 31.2 Å². The number of nitrogens with zero attached hydrogens (tertiary/aromatic N) is 2. The van der Waals surface area contributed by atoms with E-state index in [0.29, 0.717) is 44.1 Å². The third-order valence-corrected chi connectivity index (χ3v) is 3.83. The summed E-state index contributed by atoms with van der Waals surface area (Å²) < 4.78 is 23.7. The maximum atomic E-state index is 12.9. The van der Waals surface area contributed by atoms with Crippen LogP contribution in [-0.2, 0) is 11.2 Å². The van der Waals surface area contributed by atoms with Crippen LogP contribution in [0.2, 0.25) is 0 Å². The summed E-state index contributed by atoms with van der Waals surface area (Å²) in [5.74, 6) is 0.143. The molecule has 1 aliphatic rings. The largest absolute Gasteiger partial charge is 0.444 e. The van der Waals surface area contributed by atoms with Gasteiger partial charge in [-0.25, -0.2) is 14.2 Å². The molecule has 1 saturated heterocycles. The van der Waals surface area contributed by atoms with Crippen molar-refractivity contribution in [3.63, 3.8) is 0 Å². The molecule has 128 valence electrons. The molecule has 0 unspecified atom stereocenters. The van der Waals surface area contributed by atoms with Crippen LogP contribution in [-0.4, -0.2) is 48.3 Å². The quantitative estimate of drug-likeness (QED) is 0.933. The third kappa shape index (κ3) is 4.11. The first-order valence-corrected chi connectivity index (χ1v) is 7.96. The fourth-order valence-electron chi connectivity index (χ4n) is 2.56. The van der Waals surface area contributed by atoms with E-state index in [-0.39, 0.29) is 18.0 Å². The molecule has 1 fully saturated rings. The Labute approximate surface area is 139 Å². The first kappa shape index (κ1) is 16.4. The number of morpholine rings is 1. The van der Waals surface area contributed by atoms with Gasteiger partial charge in [-0.15, -0.1) is 0 Å². The van der Waals surface area contributed by atoms with Crippen molar-refractivity contribution in [3.8, 4) is 11.5 Å². The predicted octanol–water partition coefficient (Wildman–Crippen LogP) is 2.45. The van der Waals surface area contributed by atoms with E-state index in [4.69, 9.17) is 9.15 Å². The molecular formula is C17H20FN3O3. The fourth-order valence-corrected chi connectivity index (χ4v) is 2.56. The fraction of sp³-hybridized carbons (Fsp3) is 0.412. The molecule has 24 heavy (non-hydrogen) atoms. The van der Waals surface area contributed by atoms with Crippen LogP contribution in [0, 0.1) is 5.82 Å². The normalized spacial score (nSPS) is 17.8. The molecule has 6 nitrogen and oxygen atoms in total. The van der Waals surface area contributed by atoms with Gasteiger partial charge in [0.1, 0.15) is 12.1 Å². The monoisotopic (exact) mass is 333 g/mol. The van der Waals surface area contributed by atoms with Crippen molar-refractivity contribution in [2.24, 2.45) is 0 Å². The van der Waals surface area contributed by atoms with Crippen molar-refractivity contribution >= 4 is 6.03 Å². The number of ether oxygens (including phenoxy) is 1. The van der Waals surface area contributed by atoms with Crippen LogP contribution in [0.3, 0.4) is 0 Å². The summed E-state index contributed by atoms with van der Waals surface area (Å²) in [5, 5.41) is 2.88. The smallest absolute Gasteiger partial charge is 0.317 e. The van der Waals surface area contributed by atoms with Crippen LogP contribution in [0.5, 0.6) is 0 Å². The number of hydrogen-bond acceptors (Lipinski definition) is 4. The van der Waals surface area contributed by atoms with Gasteiger partial charge >= 0.3 is 6.03 Å². The number of aromatic nitrogens is 1. The van der Waals surface area contributed by atoms with Crippen LogP contribution < -0.4 is 5.32 Å². The summed E-state index contributed by atoms with van der Waals surface area (Å²) >= 11 is 0. The lowest BCUT2D eigenvalue weighted by atomic mass is 10.2. The second kappa shape index (κ2) is 7.44. The predicted molar refractivity (Wildman–Crippen MR) is 86.0 cm³/mol. The number of amides is 2. The van der Waals surface area contributed by atoms with Crippen LogP contribution in [0.1, 0.15) is 12.6 Å². The van der Waals surface area contributed by atoms with Crippen molar-refractivity contribution in [1.82, 2.24) is 15.2 Å². The molecule has 0 radical (unpaired) electrons. The number of hydrogen-bond donors (Lipinski definition) is 1. The molecule has 1 aliphatic heterocycles. The molecular weight excluding hydrogens is 313 g/mol. The van der Waals surface area contributed by atoms with Gasteiger partial charge in [0, 0.05) is 31.6 Å². The Kier molecular flexibility index (Phi) is 5.10. The molecule has 2 amide bonds. The van der Waals surface area contributed by atoms with E-state index in [1.54, 1.807) is 23.3 Å². The zero-order valence-corrected chi connectivity index (χ0v) is 13.5. The molecule has 3 rings (SSSR count). The number of benzene rings is 1. The van der Waals surface area contributed by atoms with Crippen molar-refractivity contribution < 1.29 is 18.3 Å². The van der Waals surface area contributed by atoms with Gasteiger partial charge in [-0.3, -0.25) is 0 Å². The molecule has 1 N–H and O–H groups in total. The van der Waals surface area contributed by atoms with E-state index in [1.807, 2.05) is 6.92 Å². The van der Waals surface area contributed by atoms with Crippen LogP contribution >= 0.6 is 0 Å². The van der Waals surface area contributed by atoms with E-state index in [2.05, 4.69) is 10.3 Å². The first-order chi connectivity index (χ1) is 11.6. The minimum absolute atomic E-state index is 0.0679. The Bertz CT molecular complexity index is 687. The van der Waals surface area contributed by atoms with Gasteiger partial charge in [-0.1, -0.05) is 0 Å². The Morgan fingerprint density at radius 2 is 2.21 bits per heavy atom. The van der Waals surface area contributed by atoms with Crippen molar-refractivity contribution in [3.05, 3.63) is 42.0 Å². The van der Waals surface area contributed by atoms with Gasteiger partial charge < -0.3 is 19.4 Å². The molecule has 0 saturated carbocycles. The van der Waals surface area contributed by atoms with Crippen molar-refractivity contribution in [1.29, 1.82) is 0 Å². The average Bonchev–Trinajstić information content (AvgIpc) is 3.04. The zero-order valence-electron chi connectivity index (χ0n) is 13.5. The maximum absolute atomic E-state index is 12.9. The lowest BCUT2D eigenvalue weighted by molar-refractivity contribution is -0.00343. The van der Waals surface area contributed by atoms with Crippen molar-refractivity contribution in [2.75, 3.05) is 26.2 Å². The summed E-state index contributed by atoms with van der Waals surface area (Å²) in [6, 6.07) is 5.87. The first-order valence-electron chi connectivity index (χ1n) is 7.96. The molecule has 0 aliphatic carbocycles. The molecule has 0 bridgehead atoms. The van der Waals surface area contributed by atoms with E-state index in [0.717, 1.165) is 5.69 Å². The van der Waals surface area contributed by atoms with E-state index in [1.165, 1.54) is 12.1 Å². The third-order valence-electron chi connectivity index (χ3n) is 3.83. The Hall–Kier alpha value is -2.41. The molecule has 1 atom stereocenters. The summed E-state index contributed by atoms with van der Waals surface area (Å²) in [5.41, 5.74) is 1.46. The number of rotatable bonds is 4. The standard InChI is InChI=1S/C17H20FN3O3/c1-12-10-21(8-9-23-12)17(22)19-7-6-15-11-24-16(20-15)13-2-4-14(18)5-3-13/h2-5,11-12H,6-10H2,1H3,(H,19,22)/t12-/m0/s1. The highest BCUT2D eigenvalue weighted by Gasteiger charge is 2.20. The highest BCUT2D eigenvalue weighted by molar-refractivity contribution is 5.74. The SMILES string of the molecule is C[C@H]1CN(C(=O)NCCc2coc(-c3ccc(F)cc3)n2)CCO1. The van der Waals surface area contributed by atoms with Gasteiger partial charge in [0.2, 0.25) is 5.89 Å². The highest BCUT2D eigenvalue weighted by atomic mass is 19.1. The number of halogens is 1. The Balaban J connectivity index is 1.49. The highest BCUT2D eigenvalue weighted by Crippen LogP contribution is 2.19. The second-order valence-corrected chi connectivity index (χ2v) is 5.76. The molecule has 2 aromatic rings. The van der Waals surface area contributed by atoms with Crippen molar-refractivity contribution in [2.45, 2.75) is 19.4 Å². The molecule has 7 heteroatoms. The topological polar surface area (TPSA) is 67.6 Å². The Morgan fingerprint density at radius 3 is 2.96 bits per heavy atom.